The summed E-state index contributed by atoms with van der Waals surface area (Å²) in [6.45, 7) is 0. The van der Waals surface area contributed by atoms with Crippen LogP contribution in [0.25, 0.3) is 0 Å². The molecule has 19 heavy (non-hydrogen) atoms. The predicted octanol–water partition coefficient (Wildman–Crippen LogP) is 2.90. The molecule has 2 aromatic rings. The van der Waals surface area contributed by atoms with Crippen molar-refractivity contribution >= 4 is 5.91 Å². The fourth-order valence-electron chi connectivity index (χ4n) is 2.03. The molecule has 2 rings (SSSR count). The zero-order valence-corrected chi connectivity index (χ0v) is 12.8. The monoisotopic (exact) mass is 287 g/mol. The largest absolute Gasteiger partial charge is 0.348 e. The van der Waals surface area contributed by atoms with Gasteiger partial charge in [-0.05, 0) is 11.1 Å². The van der Waals surface area contributed by atoms with Crippen molar-refractivity contribution in [3.8, 4) is 0 Å². The van der Waals surface area contributed by atoms with E-state index in [0.29, 0.717) is 0 Å². The second-order valence-corrected chi connectivity index (χ2v) is 4.49. The van der Waals surface area contributed by atoms with E-state index in [1.54, 1.807) is 19.0 Å². The Bertz CT molecular complexity index is 471. The Morgan fingerprint density at radius 1 is 0.842 bits per heavy atom. The zero-order valence-electron chi connectivity index (χ0n) is 11.2. The van der Waals surface area contributed by atoms with Crippen LogP contribution in [-0.2, 0) is 26.5 Å². The van der Waals surface area contributed by atoms with E-state index in [2.05, 4.69) is 0 Å². The molecule has 0 aliphatic heterocycles. The summed E-state index contributed by atoms with van der Waals surface area (Å²) < 4.78 is 0. The third-order valence-corrected chi connectivity index (χ3v) is 2.95. The Labute approximate surface area is 129 Å². The Balaban J connectivity index is 0.00000180. The number of rotatable bonds is 3. The number of carbonyl (C=O) groups excluding carboxylic acids is 1. The molecular formula is C16H17NOTi. The van der Waals surface area contributed by atoms with Crippen molar-refractivity contribution in [2.75, 3.05) is 14.1 Å². The topological polar surface area (TPSA) is 20.3 Å². The molecule has 0 saturated carbocycles. The third kappa shape index (κ3) is 3.79. The summed E-state index contributed by atoms with van der Waals surface area (Å²) in [5.74, 6) is -0.116. The average molecular weight is 287 g/mol. The van der Waals surface area contributed by atoms with Gasteiger partial charge in [-0.2, -0.15) is 0 Å². The van der Waals surface area contributed by atoms with Crippen molar-refractivity contribution in [3.63, 3.8) is 0 Å². The van der Waals surface area contributed by atoms with E-state index in [1.165, 1.54) is 0 Å². The number of carbonyl (C=O) groups is 1. The standard InChI is InChI=1S/C16H17NO.Ti/c1-17(2)16(18)15(13-9-5-3-6-10-13)14-11-7-4-8-12-14;/h3-12,15H,1-2H3;. The van der Waals surface area contributed by atoms with E-state index in [9.17, 15) is 4.79 Å². The minimum absolute atomic E-state index is 0. The molecule has 0 heterocycles. The summed E-state index contributed by atoms with van der Waals surface area (Å²) >= 11 is 0. The Kier molecular flexibility index (Phi) is 6.00. The van der Waals surface area contributed by atoms with E-state index in [1.807, 2.05) is 60.7 Å². The first-order valence-corrected chi connectivity index (χ1v) is 6.01. The normalized spacial score (nSPS) is 9.84. The van der Waals surface area contributed by atoms with E-state index < -0.39 is 0 Å². The first kappa shape index (κ1) is 15.7. The van der Waals surface area contributed by atoms with Gasteiger partial charge in [0.05, 0.1) is 5.92 Å². The van der Waals surface area contributed by atoms with Gasteiger partial charge in [0, 0.05) is 35.8 Å². The second kappa shape index (κ2) is 7.27. The summed E-state index contributed by atoms with van der Waals surface area (Å²) in [4.78, 5) is 14.0. The molecule has 0 unspecified atom stereocenters. The van der Waals surface area contributed by atoms with Crippen LogP contribution in [0.5, 0.6) is 0 Å². The molecule has 0 spiro atoms. The maximum atomic E-state index is 12.4. The molecule has 0 radical (unpaired) electrons. The smallest absolute Gasteiger partial charge is 0.234 e. The fourth-order valence-corrected chi connectivity index (χ4v) is 2.03. The average Bonchev–Trinajstić information content (AvgIpc) is 2.41. The van der Waals surface area contributed by atoms with E-state index in [4.69, 9.17) is 0 Å². The molecular weight excluding hydrogens is 270 g/mol. The molecule has 96 valence electrons. The fraction of sp³-hybridized carbons (Fsp3) is 0.188. The summed E-state index contributed by atoms with van der Waals surface area (Å²) in [7, 11) is 3.59. The molecule has 0 bridgehead atoms. The van der Waals surface area contributed by atoms with Crippen LogP contribution in [0, 0.1) is 0 Å². The molecule has 0 atom stereocenters. The van der Waals surface area contributed by atoms with Gasteiger partial charge < -0.3 is 4.90 Å². The number of hydrogen-bond donors (Lipinski definition) is 0. The molecule has 1 amide bonds. The van der Waals surface area contributed by atoms with Gasteiger partial charge in [0.2, 0.25) is 5.91 Å². The third-order valence-electron chi connectivity index (χ3n) is 2.95. The van der Waals surface area contributed by atoms with Gasteiger partial charge >= 0.3 is 0 Å². The van der Waals surface area contributed by atoms with Crippen LogP contribution in [0.4, 0.5) is 0 Å². The Morgan fingerprint density at radius 2 is 1.21 bits per heavy atom. The predicted molar refractivity (Wildman–Crippen MR) is 73.4 cm³/mol. The summed E-state index contributed by atoms with van der Waals surface area (Å²) in [6, 6.07) is 19.8. The minimum Gasteiger partial charge on any atom is -0.348 e. The van der Waals surface area contributed by atoms with Crippen molar-refractivity contribution in [1.82, 2.24) is 4.90 Å². The minimum atomic E-state index is -0.220. The molecule has 0 aromatic heterocycles. The van der Waals surface area contributed by atoms with Crippen LogP contribution in [0.1, 0.15) is 17.0 Å². The van der Waals surface area contributed by atoms with Gasteiger partial charge in [-0.25, -0.2) is 0 Å². The van der Waals surface area contributed by atoms with Gasteiger partial charge in [0.15, 0.2) is 0 Å². The first-order valence-electron chi connectivity index (χ1n) is 6.01. The van der Waals surface area contributed by atoms with Crippen molar-refractivity contribution in [2.24, 2.45) is 0 Å². The van der Waals surface area contributed by atoms with Crippen LogP contribution in [0.15, 0.2) is 60.7 Å². The number of amides is 1. The molecule has 0 fully saturated rings. The first-order chi connectivity index (χ1) is 8.70. The van der Waals surface area contributed by atoms with E-state index in [-0.39, 0.29) is 33.5 Å². The SMILES string of the molecule is CN(C)C(=O)C(c1ccccc1)c1ccccc1.[Ti]. The van der Waals surface area contributed by atoms with Crippen LogP contribution in [0.2, 0.25) is 0 Å². The molecule has 2 nitrogen and oxygen atoms in total. The van der Waals surface area contributed by atoms with Crippen LogP contribution in [-0.4, -0.2) is 24.9 Å². The Morgan fingerprint density at radius 3 is 1.53 bits per heavy atom. The van der Waals surface area contributed by atoms with Crippen molar-refractivity contribution < 1.29 is 26.5 Å². The van der Waals surface area contributed by atoms with Gasteiger partial charge in [-0.3, -0.25) is 4.79 Å². The van der Waals surface area contributed by atoms with Crippen molar-refractivity contribution in [2.45, 2.75) is 5.92 Å². The molecule has 0 aliphatic rings. The van der Waals surface area contributed by atoms with Crippen LogP contribution < -0.4 is 0 Å². The number of benzene rings is 2. The molecule has 0 saturated heterocycles. The zero-order chi connectivity index (χ0) is 13.0. The van der Waals surface area contributed by atoms with Crippen LogP contribution in [0.3, 0.4) is 0 Å². The van der Waals surface area contributed by atoms with E-state index >= 15 is 0 Å². The number of likely N-dealkylation sites (N-methyl/N-ethyl adjacent to an activating group) is 1. The molecule has 0 aliphatic carbocycles. The molecule has 0 N–H and O–H groups in total. The number of hydrogen-bond acceptors (Lipinski definition) is 1. The maximum absolute atomic E-state index is 12.4. The summed E-state index contributed by atoms with van der Waals surface area (Å²) in [5, 5.41) is 0. The molecule has 3 heteroatoms. The van der Waals surface area contributed by atoms with Crippen molar-refractivity contribution in [1.29, 1.82) is 0 Å². The maximum Gasteiger partial charge on any atom is 0.234 e. The summed E-state index contributed by atoms with van der Waals surface area (Å²) in [6.07, 6.45) is 0. The van der Waals surface area contributed by atoms with Gasteiger partial charge in [-0.1, -0.05) is 60.7 Å². The number of nitrogens with zero attached hydrogens (tertiary/aromatic N) is 1. The second-order valence-electron chi connectivity index (χ2n) is 4.49. The Hall–Kier alpha value is -1.38. The van der Waals surface area contributed by atoms with Crippen molar-refractivity contribution in [3.05, 3.63) is 71.8 Å². The van der Waals surface area contributed by atoms with Gasteiger partial charge in [-0.15, -0.1) is 0 Å². The van der Waals surface area contributed by atoms with Gasteiger partial charge in [0.25, 0.3) is 0 Å². The summed E-state index contributed by atoms with van der Waals surface area (Å²) in [5.41, 5.74) is 2.06. The van der Waals surface area contributed by atoms with E-state index in [0.717, 1.165) is 11.1 Å². The van der Waals surface area contributed by atoms with Gasteiger partial charge in [0.1, 0.15) is 0 Å². The van der Waals surface area contributed by atoms with Crippen LogP contribution >= 0.6 is 0 Å². The quantitative estimate of drug-likeness (QED) is 0.795. The molecule has 2 aromatic carbocycles.